The van der Waals surface area contributed by atoms with Crippen molar-refractivity contribution in [3.8, 4) is 0 Å². The Morgan fingerprint density at radius 2 is 1.88 bits per heavy atom. The predicted octanol–water partition coefficient (Wildman–Crippen LogP) is -1.69. The number of aliphatic hydroxyl groups is 3. The largest absolute Gasteiger partial charge is 0.481 e. The van der Waals surface area contributed by atoms with E-state index < -0.39 is 36.7 Å². The molecule has 1 rings (SSSR count). The number of carboxylic acids is 1. The maximum atomic E-state index is 10.4. The van der Waals surface area contributed by atoms with Gasteiger partial charge in [0, 0.05) is 13.5 Å². The van der Waals surface area contributed by atoms with Gasteiger partial charge in [-0.1, -0.05) is 0 Å². The summed E-state index contributed by atoms with van der Waals surface area (Å²) in [5.74, 6) is -1.02. The Morgan fingerprint density at radius 3 is 2.38 bits per heavy atom. The van der Waals surface area contributed by atoms with Crippen LogP contribution in [0.5, 0.6) is 0 Å². The van der Waals surface area contributed by atoms with Gasteiger partial charge in [0.2, 0.25) is 0 Å². The Morgan fingerprint density at radius 1 is 1.25 bits per heavy atom. The summed E-state index contributed by atoms with van der Waals surface area (Å²) in [7, 11) is 1.28. The zero-order valence-electron chi connectivity index (χ0n) is 8.81. The van der Waals surface area contributed by atoms with Gasteiger partial charge in [0.05, 0.1) is 6.10 Å². The molecule has 7 nitrogen and oxygen atoms in total. The molecule has 1 aliphatic rings. The summed E-state index contributed by atoms with van der Waals surface area (Å²) >= 11 is 0. The summed E-state index contributed by atoms with van der Waals surface area (Å²) in [6, 6.07) is 0. The number of aliphatic carboxylic acids is 1. The molecule has 1 fully saturated rings. The molecule has 94 valence electrons. The molecule has 4 N–H and O–H groups in total. The first-order valence-electron chi connectivity index (χ1n) is 4.91. The Bertz CT molecular complexity index is 242. The molecule has 0 aromatic rings. The van der Waals surface area contributed by atoms with E-state index in [1.807, 2.05) is 0 Å². The van der Waals surface area contributed by atoms with E-state index in [9.17, 15) is 20.1 Å². The zero-order valence-corrected chi connectivity index (χ0v) is 8.81. The lowest BCUT2D eigenvalue weighted by molar-refractivity contribution is -0.290. The SMILES string of the molecule is COC1O[C@H](CCC(=O)O)C(O)C(O)C1O. The monoisotopic (exact) mass is 236 g/mol. The highest BCUT2D eigenvalue weighted by atomic mass is 16.7. The van der Waals surface area contributed by atoms with Gasteiger partial charge in [0.15, 0.2) is 6.29 Å². The zero-order chi connectivity index (χ0) is 12.3. The van der Waals surface area contributed by atoms with E-state index in [1.54, 1.807) is 0 Å². The van der Waals surface area contributed by atoms with Crippen LogP contribution in [0.15, 0.2) is 0 Å². The highest BCUT2D eigenvalue weighted by molar-refractivity contribution is 5.66. The molecule has 1 aliphatic heterocycles. The summed E-state index contributed by atoms with van der Waals surface area (Å²) in [6.45, 7) is 0. The molecule has 4 unspecified atom stereocenters. The third-order valence-electron chi connectivity index (χ3n) is 2.54. The van der Waals surface area contributed by atoms with Crippen molar-refractivity contribution in [3.63, 3.8) is 0 Å². The minimum atomic E-state index is -1.41. The first kappa shape index (κ1) is 13.3. The van der Waals surface area contributed by atoms with Crippen LogP contribution >= 0.6 is 0 Å². The molecule has 7 heteroatoms. The van der Waals surface area contributed by atoms with E-state index in [0.29, 0.717) is 0 Å². The van der Waals surface area contributed by atoms with Gasteiger partial charge in [-0.15, -0.1) is 0 Å². The van der Waals surface area contributed by atoms with Crippen LogP contribution < -0.4 is 0 Å². The molecule has 0 aromatic heterocycles. The molecule has 1 heterocycles. The van der Waals surface area contributed by atoms with Crippen LogP contribution in [-0.4, -0.2) is 64.2 Å². The Labute approximate surface area is 92.2 Å². The smallest absolute Gasteiger partial charge is 0.303 e. The molecule has 0 bridgehead atoms. The Hall–Kier alpha value is -0.730. The number of hydrogen-bond acceptors (Lipinski definition) is 6. The maximum Gasteiger partial charge on any atom is 0.303 e. The second-order valence-electron chi connectivity index (χ2n) is 3.68. The second-order valence-corrected chi connectivity index (χ2v) is 3.68. The van der Waals surface area contributed by atoms with E-state index in [-0.39, 0.29) is 12.8 Å². The van der Waals surface area contributed by atoms with Gasteiger partial charge >= 0.3 is 5.97 Å². The second kappa shape index (κ2) is 5.55. The average molecular weight is 236 g/mol. The van der Waals surface area contributed by atoms with Crippen LogP contribution in [0.1, 0.15) is 12.8 Å². The van der Waals surface area contributed by atoms with Crippen molar-refractivity contribution in [1.29, 1.82) is 0 Å². The van der Waals surface area contributed by atoms with Gasteiger partial charge in [-0.3, -0.25) is 4.79 Å². The molecule has 1 saturated heterocycles. The molecule has 0 radical (unpaired) electrons. The lowest BCUT2D eigenvalue weighted by Gasteiger charge is -2.39. The lowest BCUT2D eigenvalue weighted by Crippen LogP contribution is -2.57. The van der Waals surface area contributed by atoms with Crippen molar-refractivity contribution in [3.05, 3.63) is 0 Å². The molecule has 0 aliphatic carbocycles. The van der Waals surface area contributed by atoms with Crippen LogP contribution in [0.25, 0.3) is 0 Å². The van der Waals surface area contributed by atoms with Gasteiger partial charge in [-0.2, -0.15) is 0 Å². The van der Waals surface area contributed by atoms with Crippen LogP contribution in [0.3, 0.4) is 0 Å². The molecule has 0 spiro atoms. The number of ether oxygens (including phenoxy) is 2. The van der Waals surface area contributed by atoms with Crippen LogP contribution in [0.4, 0.5) is 0 Å². The fourth-order valence-corrected chi connectivity index (χ4v) is 1.62. The van der Waals surface area contributed by atoms with Crippen molar-refractivity contribution in [1.82, 2.24) is 0 Å². The van der Waals surface area contributed by atoms with Crippen molar-refractivity contribution in [2.75, 3.05) is 7.11 Å². The topological polar surface area (TPSA) is 116 Å². The molecule has 0 amide bonds. The number of carboxylic acid groups (broad SMARTS) is 1. The van der Waals surface area contributed by atoms with Crippen molar-refractivity contribution >= 4 is 5.97 Å². The van der Waals surface area contributed by atoms with E-state index >= 15 is 0 Å². The summed E-state index contributed by atoms with van der Waals surface area (Å²) in [5.41, 5.74) is 0. The quantitative estimate of drug-likeness (QED) is 0.460. The summed E-state index contributed by atoms with van der Waals surface area (Å²) in [5, 5.41) is 36.9. The number of rotatable bonds is 4. The first-order chi connectivity index (χ1) is 7.47. The van der Waals surface area contributed by atoms with E-state index in [1.165, 1.54) is 7.11 Å². The molecule has 5 atom stereocenters. The third-order valence-corrected chi connectivity index (χ3v) is 2.54. The third kappa shape index (κ3) is 2.89. The lowest BCUT2D eigenvalue weighted by atomic mass is 9.96. The van der Waals surface area contributed by atoms with Crippen molar-refractivity contribution < 1.29 is 34.7 Å². The molecule has 0 aromatic carbocycles. The van der Waals surface area contributed by atoms with Crippen molar-refractivity contribution in [2.24, 2.45) is 0 Å². The summed E-state index contributed by atoms with van der Waals surface area (Å²) < 4.78 is 9.90. The number of hydrogen-bond donors (Lipinski definition) is 4. The standard InChI is InChI=1S/C9H16O7/c1-15-9-8(14)7(13)6(12)4(16-9)2-3-5(10)11/h4,6-9,12-14H,2-3H2,1H3,(H,10,11)/t4-,6?,7?,8?,9?/m1/s1. The molecule has 0 saturated carbocycles. The number of aliphatic hydroxyl groups excluding tert-OH is 3. The van der Waals surface area contributed by atoms with Gasteiger partial charge in [0.25, 0.3) is 0 Å². The predicted molar refractivity (Wildman–Crippen MR) is 50.6 cm³/mol. The highest BCUT2D eigenvalue weighted by Gasteiger charge is 2.43. The van der Waals surface area contributed by atoms with Gasteiger partial charge < -0.3 is 29.9 Å². The van der Waals surface area contributed by atoms with Gasteiger partial charge in [0.1, 0.15) is 18.3 Å². The number of carbonyl (C=O) groups is 1. The fourth-order valence-electron chi connectivity index (χ4n) is 1.62. The van der Waals surface area contributed by atoms with Crippen LogP contribution in [-0.2, 0) is 14.3 Å². The highest BCUT2D eigenvalue weighted by Crippen LogP contribution is 2.24. The Kier molecular flexibility index (Phi) is 4.63. The van der Waals surface area contributed by atoms with E-state index in [2.05, 4.69) is 0 Å². The molecular formula is C9H16O7. The molecular weight excluding hydrogens is 220 g/mol. The Balaban J connectivity index is 2.60. The van der Waals surface area contributed by atoms with E-state index in [4.69, 9.17) is 14.6 Å². The van der Waals surface area contributed by atoms with E-state index in [0.717, 1.165) is 0 Å². The maximum absolute atomic E-state index is 10.4. The summed E-state index contributed by atoms with van der Waals surface area (Å²) in [6.07, 6.45) is -6.14. The first-order valence-corrected chi connectivity index (χ1v) is 4.91. The number of methoxy groups -OCH3 is 1. The molecule has 16 heavy (non-hydrogen) atoms. The van der Waals surface area contributed by atoms with Gasteiger partial charge in [-0.25, -0.2) is 0 Å². The fraction of sp³-hybridized carbons (Fsp3) is 0.889. The van der Waals surface area contributed by atoms with Crippen LogP contribution in [0.2, 0.25) is 0 Å². The average Bonchev–Trinajstić information content (AvgIpc) is 2.25. The minimum absolute atomic E-state index is 0.0418. The van der Waals surface area contributed by atoms with Crippen molar-refractivity contribution in [2.45, 2.75) is 43.5 Å². The normalized spacial score (nSPS) is 39.6. The minimum Gasteiger partial charge on any atom is -0.481 e. The summed E-state index contributed by atoms with van der Waals surface area (Å²) in [4.78, 5) is 10.4. The van der Waals surface area contributed by atoms with Gasteiger partial charge in [-0.05, 0) is 6.42 Å². The van der Waals surface area contributed by atoms with Crippen LogP contribution in [0, 0.1) is 0 Å².